The van der Waals surface area contributed by atoms with Crippen LogP contribution < -0.4 is 33.8 Å². The van der Waals surface area contributed by atoms with Crippen molar-refractivity contribution >= 4 is 34.3 Å². The lowest BCUT2D eigenvalue weighted by atomic mass is 10.1. The highest BCUT2D eigenvalue weighted by atomic mass is 35.7. The van der Waals surface area contributed by atoms with Gasteiger partial charge in [-0.1, -0.05) is 59.9 Å². The van der Waals surface area contributed by atoms with Crippen molar-refractivity contribution < 1.29 is 33.4 Å². The van der Waals surface area contributed by atoms with Crippen molar-refractivity contribution in [1.82, 2.24) is 9.55 Å². The largest absolute Gasteiger partial charge is 0.497 e. The molecule has 4 rings (SSSR count). The molecule has 0 aliphatic rings. The molecule has 0 N–H and O–H groups in total. The summed E-state index contributed by atoms with van der Waals surface area (Å²) in [5.41, 5.74) is 3.85. The molecule has 35 heavy (non-hydrogen) atoms. The summed E-state index contributed by atoms with van der Waals surface area (Å²) in [7, 11) is 0.608. The van der Waals surface area contributed by atoms with E-state index in [0.29, 0.717) is 0 Å². The molecule has 2 aromatic carbocycles. The minimum atomic E-state index is -4.94. The Morgan fingerprint density at radius 3 is 2.14 bits per heavy atom. The van der Waals surface area contributed by atoms with Gasteiger partial charge in [-0.05, 0) is 24.3 Å². The van der Waals surface area contributed by atoms with Crippen LogP contribution in [0.4, 0.5) is 10.8 Å². The molecule has 11 heteroatoms. The van der Waals surface area contributed by atoms with Gasteiger partial charge in [-0.2, -0.15) is 9.36 Å². The quantitative estimate of drug-likeness (QED) is 0.328. The van der Waals surface area contributed by atoms with Crippen molar-refractivity contribution in [2.75, 3.05) is 11.9 Å². The Morgan fingerprint density at radius 1 is 0.971 bits per heavy atom. The Morgan fingerprint density at radius 2 is 1.54 bits per heavy atom. The van der Waals surface area contributed by atoms with E-state index in [-0.39, 0.29) is 5.69 Å². The van der Waals surface area contributed by atoms with Gasteiger partial charge in [-0.25, -0.2) is 28.2 Å². The number of rotatable bonds is 5. The summed E-state index contributed by atoms with van der Waals surface area (Å²) in [5, 5.41) is 0.910. The molecule has 0 amide bonds. The number of aryl methyl sites for hydroxylation is 1. The van der Waals surface area contributed by atoms with Gasteiger partial charge in [0.15, 0.2) is 5.13 Å². The highest BCUT2D eigenvalue weighted by Gasteiger charge is 2.16. The molecule has 0 bridgehead atoms. The Balaban J connectivity index is 0.000000623. The van der Waals surface area contributed by atoms with E-state index in [2.05, 4.69) is 29.2 Å². The van der Waals surface area contributed by atoms with Crippen molar-refractivity contribution in [3.05, 3.63) is 94.0 Å². The smallest absolute Gasteiger partial charge is 0.321 e. The van der Waals surface area contributed by atoms with E-state index in [9.17, 15) is 4.79 Å². The molecule has 0 fully saturated rings. The van der Waals surface area contributed by atoms with Gasteiger partial charge in [0.1, 0.15) is 5.69 Å². The molecule has 0 saturated carbocycles. The van der Waals surface area contributed by atoms with Gasteiger partial charge in [0.25, 0.3) is 0 Å². The van der Waals surface area contributed by atoms with Crippen LogP contribution in [0.5, 0.6) is 0 Å². The van der Waals surface area contributed by atoms with Crippen LogP contribution in [-0.4, -0.2) is 16.6 Å². The number of anilines is 2. The van der Waals surface area contributed by atoms with E-state index in [1.807, 2.05) is 61.7 Å². The number of nitrogens with zero attached hydrogens (tertiary/aromatic N) is 4. The standard InChI is InChI=1S/C24H23N4OS.ClHO4/c1-26-17-16-20(28(3)24(26)29)14-15-21-22(18-10-6-4-7-11-18)25-23(30-21)27(2)19-12-8-5-9-13-19;2-1(3,4)5/h4-17H,1-3H3;(H,2,3,4,5)/q+1;/p-1. The second-order valence-electron chi connectivity index (χ2n) is 7.37. The fourth-order valence-electron chi connectivity index (χ4n) is 3.18. The summed E-state index contributed by atoms with van der Waals surface area (Å²) in [4.78, 5) is 20.3. The second kappa shape index (κ2) is 11.4. The summed E-state index contributed by atoms with van der Waals surface area (Å²) in [6.07, 6.45) is 5.78. The van der Waals surface area contributed by atoms with Crippen molar-refractivity contribution in [3.8, 4) is 11.3 Å². The average molecular weight is 515 g/mol. The lowest BCUT2D eigenvalue weighted by molar-refractivity contribution is -2.00. The molecule has 0 saturated heterocycles. The third kappa shape index (κ3) is 7.30. The topological polar surface area (TPSA) is 134 Å². The van der Waals surface area contributed by atoms with Gasteiger partial charge < -0.3 is 4.90 Å². The highest BCUT2D eigenvalue weighted by molar-refractivity contribution is 7.17. The van der Waals surface area contributed by atoms with E-state index in [4.69, 9.17) is 23.6 Å². The summed E-state index contributed by atoms with van der Waals surface area (Å²) in [6.45, 7) is 0. The molecule has 0 aliphatic carbocycles. The Labute approximate surface area is 208 Å². The maximum absolute atomic E-state index is 12.2. The van der Waals surface area contributed by atoms with Gasteiger partial charge in [-0.15, -0.1) is 10.2 Å². The van der Waals surface area contributed by atoms with Crippen LogP contribution in [-0.2, 0) is 14.1 Å². The SMILES string of the molecule is CN(c1ccccc1)c1nc(-c2ccccc2)c(/C=C/c2cc[n+](C)c(=O)n2C)s1.[O-][Cl+3]([O-])([O-])[O-]. The lowest BCUT2D eigenvalue weighted by Crippen LogP contribution is -2.68. The maximum atomic E-state index is 12.2. The second-order valence-corrected chi connectivity index (χ2v) is 9.14. The number of aromatic nitrogens is 3. The highest BCUT2D eigenvalue weighted by Crippen LogP contribution is 2.36. The molecular formula is C24H23ClN4O5S. The first kappa shape index (κ1) is 26.2. The summed E-state index contributed by atoms with van der Waals surface area (Å²) in [5.74, 6) is 0. The molecule has 2 aromatic heterocycles. The maximum Gasteiger partial charge on any atom is 0.497 e. The minimum Gasteiger partial charge on any atom is -0.321 e. The van der Waals surface area contributed by atoms with Crippen LogP contribution in [0.25, 0.3) is 23.4 Å². The van der Waals surface area contributed by atoms with Gasteiger partial charge in [0, 0.05) is 24.4 Å². The number of halogens is 1. The minimum absolute atomic E-state index is 0.0609. The predicted octanol–water partition coefficient (Wildman–Crippen LogP) is -0.484. The Hall–Kier alpha value is -3.38. The van der Waals surface area contributed by atoms with E-state index in [0.717, 1.165) is 32.6 Å². The first-order valence-corrected chi connectivity index (χ1v) is 12.3. The zero-order valence-electron chi connectivity index (χ0n) is 19.2. The molecule has 9 nitrogen and oxygen atoms in total. The zero-order valence-corrected chi connectivity index (χ0v) is 20.8. The third-order valence-electron chi connectivity index (χ3n) is 4.97. The van der Waals surface area contributed by atoms with Gasteiger partial charge in [0.2, 0.25) is 0 Å². The molecule has 4 aromatic rings. The number of benzene rings is 2. The first-order valence-electron chi connectivity index (χ1n) is 10.2. The van der Waals surface area contributed by atoms with Crippen LogP contribution >= 0.6 is 11.3 Å². The summed E-state index contributed by atoms with van der Waals surface area (Å²) < 4.78 is 37.2. The van der Waals surface area contributed by atoms with Crippen molar-refractivity contribution in [2.45, 2.75) is 0 Å². The van der Waals surface area contributed by atoms with Crippen LogP contribution in [0.1, 0.15) is 10.6 Å². The van der Waals surface area contributed by atoms with Gasteiger partial charge >= 0.3 is 5.69 Å². The van der Waals surface area contributed by atoms with Crippen LogP contribution in [0.2, 0.25) is 0 Å². The van der Waals surface area contributed by atoms with Crippen molar-refractivity contribution in [1.29, 1.82) is 0 Å². The molecule has 0 radical (unpaired) electrons. The van der Waals surface area contributed by atoms with Crippen molar-refractivity contribution in [2.24, 2.45) is 14.1 Å². The summed E-state index contributed by atoms with van der Waals surface area (Å²) in [6, 6.07) is 22.3. The fraction of sp³-hybridized carbons (Fsp3) is 0.125. The van der Waals surface area contributed by atoms with E-state index >= 15 is 0 Å². The third-order valence-corrected chi connectivity index (χ3v) is 6.07. The van der Waals surface area contributed by atoms with Gasteiger partial charge in [-0.3, -0.25) is 0 Å². The first-order chi connectivity index (χ1) is 16.5. The fourth-order valence-corrected chi connectivity index (χ4v) is 4.15. The molecule has 0 unspecified atom stereocenters. The van der Waals surface area contributed by atoms with E-state index in [1.165, 1.54) is 0 Å². The van der Waals surface area contributed by atoms with E-state index < -0.39 is 10.2 Å². The Kier molecular flexibility index (Phi) is 8.52. The molecule has 2 heterocycles. The van der Waals surface area contributed by atoms with Crippen LogP contribution in [0.3, 0.4) is 0 Å². The molecular weight excluding hydrogens is 492 g/mol. The zero-order chi connectivity index (χ0) is 25.6. The number of hydrogen-bond acceptors (Lipinski definition) is 8. The van der Waals surface area contributed by atoms with Crippen molar-refractivity contribution in [3.63, 3.8) is 0 Å². The molecule has 0 spiro atoms. The average Bonchev–Trinajstić information content (AvgIpc) is 3.26. The van der Waals surface area contributed by atoms with Crippen LogP contribution in [0.15, 0.2) is 77.7 Å². The monoisotopic (exact) mass is 514 g/mol. The van der Waals surface area contributed by atoms with Gasteiger partial charge in [0.05, 0.1) is 30.9 Å². The van der Waals surface area contributed by atoms with Crippen LogP contribution in [0, 0.1) is 10.2 Å². The molecule has 0 aliphatic heterocycles. The number of hydrogen-bond donors (Lipinski definition) is 0. The Bertz CT molecular complexity index is 1350. The normalized spacial score (nSPS) is 11.3. The lowest BCUT2D eigenvalue weighted by Gasteiger charge is -2.17. The summed E-state index contributed by atoms with van der Waals surface area (Å²) >= 11 is 1.63. The number of para-hydroxylation sites is 1. The number of thiazole rings is 1. The predicted molar refractivity (Wildman–Crippen MR) is 124 cm³/mol. The van der Waals surface area contributed by atoms with E-state index in [1.54, 1.807) is 40.8 Å². The molecule has 0 atom stereocenters. The molecule has 182 valence electrons.